The maximum absolute atomic E-state index is 11.3. The van der Waals surface area contributed by atoms with Gasteiger partial charge in [-0.3, -0.25) is 5.73 Å². The number of hydrogen-bond acceptors (Lipinski definition) is 4. The highest BCUT2D eigenvalue weighted by Gasteiger charge is 2.36. The first kappa shape index (κ1) is 23.2. The molecule has 3 aromatic rings. The van der Waals surface area contributed by atoms with Gasteiger partial charge in [-0.25, -0.2) is 0 Å². The average Bonchev–Trinajstić information content (AvgIpc) is 2.86. The molecule has 35 heavy (non-hydrogen) atoms. The number of benzene rings is 3. The quantitative estimate of drug-likeness (QED) is 0.415. The van der Waals surface area contributed by atoms with Gasteiger partial charge in [-0.05, 0) is 52.0 Å². The van der Waals surface area contributed by atoms with Crippen molar-refractivity contribution < 1.29 is 10.2 Å². The topological polar surface area (TPSA) is 92.5 Å². The Hall–Kier alpha value is -3.54. The average molecular weight is 463 g/mol. The molecule has 5 rings (SSSR count). The van der Waals surface area contributed by atoms with Crippen LogP contribution in [0.15, 0.2) is 115 Å². The molecule has 0 radical (unpaired) electrons. The van der Waals surface area contributed by atoms with Crippen LogP contribution in [0, 0.1) is 0 Å². The van der Waals surface area contributed by atoms with Crippen LogP contribution in [0.4, 0.5) is 0 Å². The minimum absolute atomic E-state index is 0.250. The Labute approximate surface area is 206 Å². The van der Waals surface area contributed by atoms with Crippen molar-refractivity contribution in [3.63, 3.8) is 0 Å². The normalized spacial score (nSPS) is 27.6. The summed E-state index contributed by atoms with van der Waals surface area (Å²) in [4.78, 5) is 0. The van der Waals surface area contributed by atoms with Crippen LogP contribution >= 0.6 is 0 Å². The van der Waals surface area contributed by atoms with Crippen molar-refractivity contribution in [3.8, 4) is 22.3 Å². The third-order valence-corrected chi connectivity index (χ3v) is 6.96. The predicted octanol–water partition coefficient (Wildman–Crippen LogP) is 4.91. The van der Waals surface area contributed by atoms with Crippen molar-refractivity contribution >= 4 is 5.57 Å². The molecule has 2 aliphatic rings. The van der Waals surface area contributed by atoms with Gasteiger partial charge in [0, 0.05) is 5.92 Å². The summed E-state index contributed by atoms with van der Waals surface area (Å²) in [5, 5.41) is 22.0. The Morgan fingerprint density at radius 2 is 1.37 bits per heavy atom. The molecule has 4 atom stereocenters. The SMILES string of the molecule is CC1(O)C=CC=CC1c1ccc(C2=CC=CC(N)(O)C2N)c(-c2ccccc2)c1-c1ccccc1. The van der Waals surface area contributed by atoms with Crippen molar-refractivity contribution in [1.82, 2.24) is 0 Å². The van der Waals surface area contributed by atoms with Crippen molar-refractivity contribution in [3.05, 3.63) is 126 Å². The van der Waals surface area contributed by atoms with Gasteiger partial charge in [-0.15, -0.1) is 0 Å². The Balaban J connectivity index is 1.86. The summed E-state index contributed by atoms with van der Waals surface area (Å²) in [5.41, 5.74) is 16.6. The Morgan fingerprint density at radius 1 is 0.743 bits per heavy atom. The van der Waals surface area contributed by atoms with E-state index in [-0.39, 0.29) is 5.92 Å². The van der Waals surface area contributed by atoms with Crippen molar-refractivity contribution in [2.24, 2.45) is 11.5 Å². The van der Waals surface area contributed by atoms with Gasteiger partial charge >= 0.3 is 0 Å². The van der Waals surface area contributed by atoms with Crippen LogP contribution in [0.2, 0.25) is 0 Å². The molecule has 0 saturated heterocycles. The summed E-state index contributed by atoms with van der Waals surface area (Å²) in [6.45, 7) is 1.83. The van der Waals surface area contributed by atoms with Gasteiger partial charge in [-0.2, -0.15) is 0 Å². The molecular weight excluding hydrogens is 432 g/mol. The molecule has 4 nitrogen and oxygen atoms in total. The van der Waals surface area contributed by atoms with E-state index in [2.05, 4.69) is 30.3 Å². The van der Waals surface area contributed by atoms with Gasteiger partial charge in [0.1, 0.15) is 0 Å². The van der Waals surface area contributed by atoms with E-state index in [4.69, 9.17) is 11.5 Å². The maximum atomic E-state index is 11.3. The minimum Gasteiger partial charge on any atom is -0.385 e. The molecule has 0 saturated carbocycles. The number of allylic oxidation sites excluding steroid dienone is 4. The first-order chi connectivity index (χ1) is 16.8. The van der Waals surface area contributed by atoms with Crippen LogP contribution < -0.4 is 11.5 Å². The summed E-state index contributed by atoms with van der Waals surface area (Å²) in [7, 11) is 0. The van der Waals surface area contributed by atoms with E-state index in [9.17, 15) is 10.2 Å². The zero-order valence-corrected chi connectivity index (χ0v) is 19.7. The second-order valence-corrected chi connectivity index (χ2v) is 9.48. The molecule has 4 heteroatoms. The molecule has 4 unspecified atom stereocenters. The zero-order valence-electron chi connectivity index (χ0n) is 19.7. The summed E-state index contributed by atoms with van der Waals surface area (Å²) in [6.07, 6.45) is 12.9. The van der Waals surface area contributed by atoms with Crippen LogP contribution in [0.3, 0.4) is 0 Å². The second-order valence-electron chi connectivity index (χ2n) is 9.48. The van der Waals surface area contributed by atoms with E-state index in [1.807, 2.05) is 79.8 Å². The molecule has 0 spiro atoms. The molecule has 0 fully saturated rings. The van der Waals surface area contributed by atoms with Gasteiger partial charge in [0.05, 0.1) is 11.6 Å². The van der Waals surface area contributed by atoms with Gasteiger partial charge in [-0.1, -0.05) is 109 Å². The Bertz CT molecular complexity index is 1350. The maximum Gasteiger partial charge on any atom is 0.152 e. The summed E-state index contributed by atoms with van der Waals surface area (Å²) in [5.74, 6) is -0.250. The zero-order chi connectivity index (χ0) is 24.6. The lowest BCUT2D eigenvalue weighted by Gasteiger charge is -2.35. The van der Waals surface area contributed by atoms with E-state index in [1.54, 1.807) is 6.08 Å². The van der Waals surface area contributed by atoms with Crippen LogP contribution in [-0.4, -0.2) is 27.6 Å². The Kier molecular flexibility index (Phi) is 5.91. The smallest absolute Gasteiger partial charge is 0.152 e. The van der Waals surface area contributed by atoms with Crippen LogP contribution in [0.1, 0.15) is 24.0 Å². The van der Waals surface area contributed by atoms with Gasteiger partial charge in [0.2, 0.25) is 0 Å². The molecule has 0 aliphatic heterocycles. The summed E-state index contributed by atoms with van der Waals surface area (Å²) < 4.78 is 0. The van der Waals surface area contributed by atoms with E-state index >= 15 is 0 Å². The fourth-order valence-electron chi connectivity index (χ4n) is 5.10. The molecule has 0 aromatic heterocycles. The lowest BCUT2D eigenvalue weighted by Crippen LogP contribution is -2.55. The first-order valence-electron chi connectivity index (χ1n) is 11.8. The monoisotopic (exact) mass is 462 g/mol. The highest BCUT2D eigenvalue weighted by atomic mass is 16.3. The number of rotatable bonds is 4. The molecule has 0 bridgehead atoms. The molecule has 6 N–H and O–H groups in total. The van der Waals surface area contributed by atoms with E-state index in [1.165, 1.54) is 6.08 Å². The third-order valence-electron chi connectivity index (χ3n) is 6.96. The summed E-state index contributed by atoms with van der Waals surface area (Å²) in [6, 6.07) is 23.6. The molecular formula is C31H30N2O2. The molecule has 176 valence electrons. The third kappa shape index (κ3) is 4.22. The van der Waals surface area contributed by atoms with Crippen LogP contribution in [0.5, 0.6) is 0 Å². The molecule has 0 heterocycles. The Morgan fingerprint density at radius 3 is 2.00 bits per heavy atom. The van der Waals surface area contributed by atoms with Crippen LogP contribution in [-0.2, 0) is 0 Å². The van der Waals surface area contributed by atoms with E-state index in [0.717, 1.165) is 39.0 Å². The summed E-state index contributed by atoms with van der Waals surface area (Å²) >= 11 is 0. The van der Waals surface area contributed by atoms with Gasteiger partial charge < -0.3 is 15.9 Å². The van der Waals surface area contributed by atoms with Gasteiger partial charge in [0.25, 0.3) is 0 Å². The van der Waals surface area contributed by atoms with E-state index in [0.29, 0.717) is 0 Å². The number of hydrogen-bond donors (Lipinski definition) is 4. The second kappa shape index (κ2) is 8.91. The highest BCUT2D eigenvalue weighted by molar-refractivity contribution is 5.95. The predicted molar refractivity (Wildman–Crippen MR) is 143 cm³/mol. The minimum atomic E-state index is -1.65. The van der Waals surface area contributed by atoms with Crippen molar-refractivity contribution in [2.45, 2.75) is 30.2 Å². The van der Waals surface area contributed by atoms with Crippen LogP contribution in [0.25, 0.3) is 27.8 Å². The fourth-order valence-corrected chi connectivity index (χ4v) is 5.10. The first-order valence-corrected chi connectivity index (χ1v) is 11.8. The standard InChI is InChI=1S/C31H30N2O2/c1-30(34)19-9-8-16-26(30)25-18-17-23(24-15-10-20-31(33,35)29(24)32)27(21-11-4-2-5-12-21)28(25)22-13-6-3-7-14-22/h2-20,26,29,34-35H,32-33H2,1H3. The highest BCUT2D eigenvalue weighted by Crippen LogP contribution is 2.47. The lowest BCUT2D eigenvalue weighted by molar-refractivity contribution is 0.0866. The number of aliphatic hydroxyl groups is 2. The van der Waals surface area contributed by atoms with E-state index < -0.39 is 17.4 Å². The fraction of sp³-hybridized carbons (Fsp3) is 0.161. The largest absolute Gasteiger partial charge is 0.385 e. The molecule has 0 amide bonds. The molecule has 2 aliphatic carbocycles. The van der Waals surface area contributed by atoms with Gasteiger partial charge in [0.15, 0.2) is 5.72 Å². The number of nitrogens with two attached hydrogens (primary N) is 2. The molecule has 3 aromatic carbocycles. The lowest BCUT2D eigenvalue weighted by atomic mass is 9.73. The van der Waals surface area contributed by atoms with Crippen molar-refractivity contribution in [1.29, 1.82) is 0 Å². The van der Waals surface area contributed by atoms with Crippen molar-refractivity contribution in [2.75, 3.05) is 0 Å².